The van der Waals surface area contributed by atoms with Crippen molar-refractivity contribution in [2.75, 3.05) is 4.90 Å². The third-order valence-electron chi connectivity index (χ3n) is 12.9. The molecule has 12 rings (SSSR count). The highest BCUT2D eigenvalue weighted by atomic mass is 16.3. The summed E-state index contributed by atoms with van der Waals surface area (Å²) in [6.45, 7) is 0. The van der Waals surface area contributed by atoms with E-state index in [0.717, 1.165) is 61.3 Å². The van der Waals surface area contributed by atoms with E-state index in [1.54, 1.807) is 0 Å². The maximum atomic E-state index is 6.79. The molecule has 0 N–H and O–H groups in total. The van der Waals surface area contributed by atoms with Crippen molar-refractivity contribution in [2.24, 2.45) is 0 Å². The van der Waals surface area contributed by atoms with Crippen LogP contribution in [0.15, 0.2) is 265 Å². The van der Waals surface area contributed by atoms with E-state index in [-0.39, 0.29) is 0 Å². The summed E-state index contributed by atoms with van der Waals surface area (Å²) in [5.74, 6) is 0. The first-order valence-electron chi connectivity index (χ1n) is 22.6. The summed E-state index contributed by atoms with van der Waals surface area (Å²) >= 11 is 0. The number of hydrogen-bond donors (Lipinski definition) is 0. The van der Waals surface area contributed by atoms with Crippen LogP contribution in [0.2, 0.25) is 0 Å². The molecule has 11 aromatic carbocycles. The molecule has 1 aromatic heterocycles. The molecular weight excluding hydrogens is 799 g/mol. The van der Waals surface area contributed by atoms with Gasteiger partial charge in [-0.3, -0.25) is 0 Å². The zero-order valence-corrected chi connectivity index (χ0v) is 36.2. The molecule has 66 heavy (non-hydrogen) atoms. The fourth-order valence-electron chi connectivity index (χ4n) is 9.64. The topological polar surface area (TPSA) is 16.4 Å². The normalized spacial score (nSPS) is 11.3. The maximum Gasteiger partial charge on any atom is 0.145 e. The van der Waals surface area contributed by atoms with Gasteiger partial charge >= 0.3 is 0 Å². The second-order valence-electron chi connectivity index (χ2n) is 16.8. The average molecular weight is 842 g/mol. The fourth-order valence-corrected chi connectivity index (χ4v) is 9.64. The van der Waals surface area contributed by atoms with E-state index in [2.05, 4.69) is 260 Å². The minimum absolute atomic E-state index is 0.863. The highest BCUT2D eigenvalue weighted by Crippen LogP contribution is 2.47. The van der Waals surface area contributed by atoms with Gasteiger partial charge < -0.3 is 9.32 Å². The lowest BCUT2D eigenvalue weighted by atomic mass is 9.89. The predicted octanol–water partition coefficient (Wildman–Crippen LogP) is 18.2. The van der Waals surface area contributed by atoms with Crippen LogP contribution < -0.4 is 4.90 Å². The van der Waals surface area contributed by atoms with E-state index in [9.17, 15) is 0 Å². The van der Waals surface area contributed by atoms with E-state index in [1.165, 1.54) is 55.3 Å². The standard InChI is InChI=1S/C64H43NO/c1-3-16-48(17-4-1)55-21-9-11-23-58(55)59-24-12-10-22-56(59)50-35-39-54(40-36-50)65(61-42-41-57(49-18-5-2-6-19-49)64-63(61)60-25-13-14-26-62(60)66-64)53-37-33-46(34-38-53)45-27-29-47(30-28-45)52-32-31-44-15-7-8-20-51(44)43-52/h1-43H. The minimum Gasteiger partial charge on any atom is -0.455 e. The summed E-state index contributed by atoms with van der Waals surface area (Å²) in [5.41, 5.74) is 19.0. The Hall–Kier alpha value is -8.72. The van der Waals surface area contributed by atoms with Crippen LogP contribution in [0.3, 0.4) is 0 Å². The third-order valence-corrected chi connectivity index (χ3v) is 12.9. The van der Waals surface area contributed by atoms with Crippen molar-refractivity contribution in [1.29, 1.82) is 0 Å². The van der Waals surface area contributed by atoms with Gasteiger partial charge in [-0.25, -0.2) is 0 Å². The fraction of sp³-hybridized carbons (Fsp3) is 0. The van der Waals surface area contributed by atoms with E-state index >= 15 is 0 Å². The Morgan fingerprint density at radius 3 is 1.33 bits per heavy atom. The van der Waals surface area contributed by atoms with Gasteiger partial charge in [0.25, 0.3) is 0 Å². The van der Waals surface area contributed by atoms with Crippen molar-refractivity contribution in [1.82, 2.24) is 0 Å². The van der Waals surface area contributed by atoms with Gasteiger partial charge in [0, 0.05) is 22.3 Å². The molecule has 0 radical (unpaired) electrons. The van der Waals surface area contributed by atoms with Crippen molar-refractivity contribution < 1.29 is 4.42 Å². The molecule has 0 bridgehead atoms. The number of nitrogens with zero attached hydrogens (tertiary/aromatic N) is 1. The van der Waals surface area contributed by atoms with Crippen LogP contribution in [0.25, 0.3) is 99.5 Å². The Kier molecular flexibility index (Phi) is 9.89. The molecule has 0 aliphatic carbocycles. The number of furan rings is 1. The smallest absolute Gasteiger partial charge is 0.145 e. The number of para-hydroxylation sites is 1. The number of benzene rings is 11. The van der Waals surface area contributed by atoms with Gasteiger partial charge in [0.1, 0.15) is 11.2 Å². The van der Waals surface area contributed by atoms with Crippen molar-refractivity contribution >= 4 is 49.8 Å². The predicted molar refractivity (Wildman–Crippen MR) is 279 cm³/mol. The third kappa shape index (κ3) is 7.12. The van der Waals surface area contributed by atoms with Gasteiger partial charge in [-0.2, -0.15) is 0 Å². The summed E-state index contributed by atoms with van der Waals surface area (Å²) in [7, 11) is 0. The second-order valence-corrected chi connectivity index (χ2v) is 16.8. The largest absolute Gasteiger partial charge is 0.455 e. The summed E-state index contributed by atoms with van der Waals surface area (Å²) in [6.07, 6.45) is 0. The van der Waals surface area contributed by atoms with Crippen molar-refractivity contribution in [3.05, 3.63) is 261 Å². The van der Waals surface area contributed by atoms with E-state index in [1.807, 2.05) is 6.07 Å². The van der Waals surface area contributed by atoms with Gasteiger partial charge in [0.2, 0.25) is 0 Å². The van der Waals surface area contributed by atoms with E-state index < -0.39 is 0 Å². The molecule has 0 fully saturated rings. The molecule has 0 spiro atoms. The lowest BCUT2D eigenvalue weighted by Crippen LogP contribution is -2.10. The van der Waals surface area contributed by atoms with Crippen LogP contribution in [0, 0.1) is 0 Å². The Morgan fingerprint density at radius 1 is 0.273 bits per heavy atom. The molecule has 0 saturated heterocycles. The lowest BCUT2D eigenvalue weighted by Gasteiger charge is -2.27. The van der Waals surface area contributed by atoms with Crippen LogP contribution in [0.1, 0.15) is 0 Å². The van der Waals surface area contributed by atoms with Crippen LogP contribution in [-0.2, 0) is 0 Å². The molecule has 2 nitrogen and oxygen atoms in total. The molecule has 2 heteroatoms. The van der Waals surface area contributed by atoms with E-state index in [4.69, 9.17) is 4.42 Å². The van der Waals surface area contributed by atoms with Crippen LogP contribution >= 0.6 is 0 Å². The number of rotatable bonds is 9. The van der Waals surface area contributed by atoms with Crippen molar-refractivity contribution in [3.63, 3.8) is 0 Å². The molecule has 0 amide bonds. The molecule has 0 aliphatic heterocycles. The van der Waals surface area contributed by atoms with Gasteiger partial charge in [-0.05, 0) is 121 Å². The van der Waals surface area contributed by atoms with Crippen molar-refractivity contribution in [2.45, 2.75) is 0 Å². The molecule has 0 unspecified atom stereocenters. The van der Waals surface area contributed by atoms with Crippen LogP contribution in [-0.4, -0.2) is 0 Å². The van der Waals surface area contributed by atoms with Gasteiger partial charge in [0.15, 0.2) is 0 Å². The lowest BCUT2D eigenvalue weighted by molar-refractivity contribution is 0.670. The molecule has 310 valence electrons. The summed E-state index contributed by atoms with van der Waals surface area (Å²) in [6, 6.07) is 93.7. The summed E-state index contributed by atoms with van der Waals surface area (Å²) in [4.78, 5) is 2.38. The van der Waals surface area contributed by atoms with Gasteiger partial charge in [-0.1, -0.05) is 212 Å². The number of hydrogen-bond acceptors (Lipinski definition) is 2. The molecule has 0 saturated carbocycles. The second kappa shape index (κ2) is 16.8. The quantitative estimate of drug-likeness (QED) is 0.144. The van der Waals surface area contributed by atoms with Gasteiger partial charge in [-0.15, -0.1) is 0 Å². The zero-order valence-electron chi connectivity index (χ0n) is 36.2. The molecular formula is C64H43NO. The first kappa shape index (κ1) is 38.9. The number of fused-ring (bicyclic) bond motifs is 4. The van der Waals surface area contributed by atoms with Gasteiger partial charge in [0.05, 0.1) is 11.1 Å². The Labute approximate surface area is 384 Å². The first-order chi connectivity index (χ1) is 32.7. The molecule has 0 atom stereocenters. The Bertz CT molecular complexity index is 3660. The van der Waals surface area contributed by atoms with Crippen LogP contribution in [0.5, 0.6) is 0 Å². The van der Waals surface area contributed by atoms with Crippen LogP contribution in [0.4, 0.5) is 17.1 Å². The van der Waals surface area contributed by atoms with E-state index in [0.29, 0.717) is 0 Å². The summed E-state index contributed by atoms with van der Waals surface area (Å²) in [5, 5.41) is 4.66. The summed E-state index contributed by atoms with van der Waals surface area (Å²) < 4.78 is 6.79. The molecule has 1 heterocycles. The number of anilines is 3. The Balaban J connectivity index is 0.966. The first-order valence-corrected chi connectivity index (χ1v) is 22.6. The minimum atomic E-state index is 0.863. The molecule has 0 aliphatic rings. The molecule has 12 aromatic rings. The highest BCUT2D eigenvalue weighted by Gasteiger charge is 2.23. The Morgan fingerprint density at radius 2 is 0.712 bits per heavy atom. The van der Waals surface area contributed by atoms with Crippen molar-refractivity contribution in [3.8, 4) is 66.8 Å². The maximum absolute atomic E-state index is 6.79. The monoisotopic (exact) mass is 841 g/mol. The average Bonchev–Trinajstić information content (AvgIpc) is 3.80. The SMILES string of the molecule is c1ccc(-c2ccccc2-c2ccccc2-c2ccc(N(c3ccc(-c4ccc(-c5ccc6ccccc6c5)cc4)cc3)c3ccc(-c4ccccc4)c4oc5ccccc5c34)cc2)cc1. The highest BCUT2D eigenvalue weighted by molar-refractivity contribution is 6.17. The zero-order chi connectivity index (χ0) is 43.8.